The van der Waals surface area contributed by atoms with Crippen LogP contribution in [0.1, 0.15) is 15.9 Å². The highest BCUT2D eigenvalue weighted by atomic mass is 19.1. The molecule has 0 atom stereocenters. The van der Waals surface area contributed by atoms with Crippen LogP contribution in [0.15, 0.2) is 66.2 Å². The number of halogens is 1. The lowest BCUT2D eigenvalue weighted by Crippen LogP contribution is -2.01. The summed E-state index contributed by atoms with van der Waals surface area (Å²) in [5.74, 6) is -0.0960. The third-order valence-electron chi connectivity index (χ3n) is 3.85. The summed E-state index contributed by atoms with van der Waals surface area (Å²) in [7, 11) is 1.61. The molecule has 0 aliphatic heterocycles. The molecule has 25 heavy (non-hydrogen) atoms. The molecule has 0 heterocycles. The quantitative estimate of drug-likeness (QED) is 0.393. The minimum absolute atomic E-state index is 0.000491. The Labute approximate surface area is 144 Å². The van der Waals surface area contributed by atoms with Crippen molar-refractivity contribution in [1.82, 2.24) is 0 Å². The van der Waals surface area contributed by atoms with Gasteiger partial charge in [-0.2, -0.15) is 5.26 Å². The van der Waals surface area contributed by atoms with Crippen molar-refractivity contribution in [3.8, 4) is 11.8 Å². The lowest BCUT2D eigenvalue weighted by atomic mass is 10.0. The molecule has 3 rings (SSSR count). The van der Waals surface area contributed by atoms with Crippen molar-refractivity contribution in [2.45, 2.75) is 0 Å². The number of Topliss-reactive ketones (excluding diaryl/α,β-unsaturated/α-hetero) is 1. The minimum atomic E-state index is -0.433. The number of ether oxygens (including phenoxy) is 1. The van der Waals surface area contributed by atoms with Crippen LogP contribution in [0.5, 0.6) is 5.75 Å². The molecule has 3 aromatic rings. The molecule has 0 bridgehead atoms. The molecular weight excluding hydrogens is 317 g/mol. The molecule has 3 nitrogen and oxygen atoms in total. The number of rotatable bonds is 4. The molecule has 122 valence electrons. The predicted molar refractivity (Wildman–Crippen MR) is 94.8 cm³/mol. The van der Waals surface area contributed by atoms with Gasteiger partial charge in [-0.3, -0.25) is 4.79 Å². The third kappa shape index (κ3) is 3.56. The zero-order valence-corrected chi connectivity index (χ0v) is 13.5. The number of hydrogen-bond acceptors (Lipinski definition) is 3. The summed E-state index contributed by atoms with van der Waals surface area (Å²) in [4.78, 5) is 12.4. The van der Waals surface area contributed by atoms with Crippen molar-refractivity contribution < 1.29 is 13.9 Å². The number of allylic oxidation sites excluding steroid dienone is 1. The van der Waals surface area contributed by atoms with Gasteiger partial charge in [0.1, 0.15) is 23.2 Å². The van der Waals surface area contributed by atoms with E-state index in [4.69, 9.17) is 4.74 Å². The first-order chi connectivity index (χ1) is 12.1. The summed E-state index contributed by atoms with van der Waals surface area (Å²) < 4.78 is 18.2. The molecule has 0 amide bonds. The Bertz CT molecular complexity index is 1010. The molecule has 0 aliphatic rings. The first kappa shape index (κ1) is 16.4. The number of carbonyl (C=O) groups is 1. The number of hydrogen-bond donors (Lipinski definition) is 0. The fourth-order valence-corrected chi connectivity index (χ4v) is 2.53. The number of carbonyl (C=O) groups excluding carboxylic acids is 1. The van der Waals surface area contributed by atoms with Crippen LogP contribution in [-0.2, 0) is 0 Å². The smallest absolute Gasteiger partial charge is 0.203 e. The fraction of sp³-hybridized carbons (Fsp3) is 0.0476. The number of fused-ring (bicyclic) bond motifs is 1. The van der Waals surface area contributed by atoms with E-state index in [1.807, 2.05) is 42.5 Å². The molecule has 0 saturated carbocycles. The molecule has 0 unspecified atom stereocenters. The summed E-state index contributed by atoms with van der Waals surface area (Å²) in [5.41, 5.74) is 1.02. The second kappa shape index (κ2) is 6.98. The zero-order valence-electron chi connectivity index (χ0n) is 13.5. The van der Waals surface area contributed by atoms with E-state index in [1.54, 1.807) is 7.11 Å². The molecule has 0 aromatic heterocycles. The van der Waals surface area contributed by atoms with Crippen LogP contribution in [0.4, 0.5) is 4.39 Å². The summed E-state index contributed by atoms with van der Waals surface area (Å²) in [5, 5.41) is 11.3. The monoisotopic (exact) mass is 331 g/mol. The maximum atomic E-state index is 13.0. The second-order valence-corrected chi connectivity index (χ2v) is 5.48. The van der Waals surface area contributed by atoms with E-state index in [9.17, 15) is 14.4 Å². The highest BCUT2D eigenvalue weighted by molar-refractivity contribution is 6.14. The molecule has 0 spiro atoms. The lowest BCUT2D eigenvalue weighted by Gasteiger charge is -2.04. The zero-order chi connectivity index (χ0) is 17.8. The highest BCUT2D eigenvalue weighted by Crippen LogP contribution is 2.23. The van der Waals surface area contributed by atoms with Gasteiger partial charge in [0, 0.05) is 5.56 Å². The van der Waals surface area contributed by atoms with Gasteiger partial charge < -0.3 is 4.74 Å². The summed E-state index contributed by atoms with van der Waals surface area (Å²) >= 11 is 0. The van der Waals surface area contributed by atoms with Gasteiger partial charge in [0.15, 0.2) is 0 Å². The normalized spacial score (nSPS) is 11.2. The van der Waals surface area contributed by atoms with Crippen molar-refractivity contribution in [2.24, 2.45) is 0 Å². The summed E-state index contributed by atoms with van der Waals surface area (Å²) in [6.45, 7) is 0. The van der Waals surface area contributed by atoms with Crippen LogP contribution >= 0.6 is 0 Å². The molecule has 4 heteroatoms. The van der Waals surface area contributed by atoms with E-state index in [1.165, 1.54) is 30.3 Å². The van der Waals surface area contributed by atoms with Gasteiger partial charge in [-0.1, -0.05) is 18.2 Å². The van der Waals surface area contributed by atoms with Crippen molar-refractivity contribution in [2.75, 3.05) is 7.11 Å². The maximum absolute atomic E-state index is 13.0. The van der Waals surface area contributed by atoms with Crippen LogP contribution in [-0.4, -0.2) is 12.9 Å². The standard InChI is InChI=1S/C21H14FNO2/c1-25-20-9-6-16-10-14(2-3-17(16)12-20)11-18(13-23)21(24)15-4-7-19(22)8-5-15/h2-12H,1H3/b18-11+. The van der Waals surface area contributed by atoms with E-state index in [0.717, 1.165) is 22.1 Å². The Morgan fingerprint density at radius 2 is 1.72 bits per heavy atom. The van der Waals surface area contributed by atoms with Crippen LogP contribution in [0, 0.1) is 17.1 Å². The van der Waals surface area contributed by atoms with Crippen molar-refractivity contribution in [3.05, 3.63) is 83.2 Å². The SMILES string of the molecule is COc1ccc2cc(/C=C(\C#N)C(=O)c3ccc(F)cc3)ccc2c1. The molecule has 0 radical (unpaired) electrons. The lowest BCUT2D eigenvalue weighted by molar-refractivity contribution is 0.104. The van der Waals surface area contributed by atoms with Crippen molar-refractivity contribution >= 4 is 22.6 Å². The van der Waals surface area contributed by atoms with Gasteiger partial charge in [-0.05, 0) is 64.9 Å². The number of nitriles is 1. The maximum Gasteiger partial charge on any atom is 0.203 e. The van der Waals surface area contributed by atoms with Gasteiger partial charge in [0.05, 0.1) is 7.11 Å². The van der Waals surface area contributed by atoms with Gasteiger partial charge in [0.25, 0.3) is 0 Å². The van der Waals surface area contributed by atoms with Crippen LogP contribution in [0.2, 0.25) is 0 Å². The number of methoxy groups -OCH3 is 1. The Kier molecular flexibility index (Phi) is 4.58. The van der Waals surface area contributed by atoms with Crippen molar-refractivity contribution in [3.63, 3.8) is 0 Å². The van der Waals surface area contributed by atoms with Gasteiger partial charge >= 0.3 is 0 Å². The van der Waals surface area contributed by atoms with Crippen LogP contribution < -0.4 is 4.74 Å². The fourth-order valence-electron chi connectivity index (χ4n) is 2.53. The summed E-state index contributed by atoms with van der Waals surface area (Å²) in [6.07, 6.45) is 1.54. The number of benzene rings is 3. The Hall–Kier alpha value is -3.45. The third-order valence-corrected chi connectivity index (χ3v) is 3.85. The Morgan fingerprint density at radius 3 is 2.40 bits per heavy atom. The molecular formula is C21H14FNO2. The number of ketones is 1. The topological polar surface area (TPSA) is 50.1 Å². The highest BCUT2D eigenvalue weighted by Gasteiger charge is 2.12. The van der Waals surface area contributed by atoms with E-state index in [-0.39, 0.29) is 11.1 Å². The average Bonchev–Trinajstić information content (AvgIpc) is 2.65. The molecule has 3 aromatic carbocycles. The van der Waals surface area contributed by atoms with Gasteiger partial charge in [-0.15, -0.1) is 0 Å². The van der Waals surface area contributed by atoms with Crippen molar-refractivity contribution in [1.29, 1.82) is 5.26 Å². The minimum Gasteiger partial charge on any atom is -0.497 e. The molecule has 0 fully saturated rings. The Morgan fingerprint density at radius 1 is 1.04 bits per heavy atom. The molecule has 0 aliphatic carbocycles. The van der Waals surface area contributed by atoms with Crippen LogP contribution in [0.3, 0.4) is 0 Å². The largest absolute Gasteiger partial charge is 0.497 e. The molecule has 0 N–H and O–H groups in total. The van der Waals surface area contributed by atoms with Gasteiger partial charge in [0.2, 0.25) is 5.78 Å². The Balaban J connectivity index is 1.96. The van der Waals surface area contributed by atoms with Crippen LogP contribution in [0.25, 0.3) is 16.8 Å². The average molecular weight is 331 g/mol. The van der Waals surface area contributed by atoms with Gasteiger partial charge in [-0.25, -0.2) is 4.39 Å². The first-order valence-corrected chi connectivity index (χ1v) is 7.60. The molecule has 0 saturated heterocycles. The van der Waals surface area contributed by atoms with E-state index in [2.05, 4.69) is 0 Å². The summed E-state index contributed by atoms with van der Waals surface area (Å²) in [6, 6.07) is 18.4. The first-order valence-electron chi connectivity index (χ1n) is 7.60. The second-order valence-electron chi connectivity index (χ2n) is 5.48. The van der Waals surface area contributed by atoms with E-state index < -0.39 is 11.6 Å². The predicted octanol–water partition coefficient (Wildman–Crippen LogP) is 4.78. The number of nitrogens with zero attached hydrogens (tertiary/aromatic N) is 1. The van der Waals surface area contributed by atoms with E-state index in [0.29, 0.717) is 0 Å². The van der Waals surface area contributed by atoms with E-state index >= 15 is 0 Å².